The Kier molecular flexibility index (Phi) is 4.36. The summed E-state index contributed by atoms with van der Waals surface area (Å²) in [6.07, 6.45) is 1.43. The van der Waals surface area contributed by atoms with Crippen molar-refractivity contribution in [1.82, 2.24) is 10.3 Å². The topological polar surface area (TPSA) is 37.4 Å². The van der Waals surface area contributed by atoms with E-state index in [4.69, 9.17) is 9.72 Å². The molecule has 2 rings (SSSR count). The number of hydrogen-bond donors (Lipinski definition) is 1. The van der Waals surface area contributed by atoms with Gasteiger partial charge in [0, 0.05) is 24.5 Å². The van der Waals surface area contributed by atoms with Crippen LogP contribution >= 0.6 is 11.3 Å². The zero-order valence-electron chi connectivity index (χ0n) is 10.8. The Labute approximate surface area is 107 Å². The van der Waals surface area contributed by atoms with Gasteiger partial charge in [0.1, 0.15) is 0 Å². The van der Waals surface area contributed by atoms with Gasteiger partial charge in [-0.2, -0.15) is 0 Å². The summed E-state index contributed by atoms with van der Waals surface area (Å²) < 4.78 is 5.68. The highest BCUT2D eigenvalue weighted by atomic mass is 32.1. The van der Waals surface area contributed by atoms with Crippen LogP contribution in [0.15, 0.2) is 5.38 Å². The molecule has 2 unspecified atom stereocenters. The SMILES string of the molecule is CCC1CN(c2nc(C(C)NC)cs2)CCO1. The molecular formula is C12H21N3OS. The minimum absolute atomic E-state index is 0.322. The van der Waals surface area contributed by atoms with Crippen molar-refractivity contribution in [2.75, 3.05) is 31.6 Å². The van der Waals surface area contributed by atoms with Crippen LogP contribution < -0.4 is 10.2 Å². The van der Waals surface area contributed by atoms with Crippen LogP contribution in [0.25, 0.3) is 0 Å². The van der Waals surface area contributed by atoms with Gasteiger partial charge in [-0.1, -0.05) is 6.92 Å². The third-order valence-electron chi connectivity index (χ3n) is 3.25. The molecule has 1 saturated heterocycles. The van der Waals surface area contributed by atoms with Crippen molar-refractivity contribution in [1.29, 1.82) is 0 Å². The molecule has 4 nitrogen and oxygen atoms in total. The van der Waals surface area contributed by atoms with E-state index < -0.39 is 0 Å². The normalized spacial score (nSPS) is 22.8. The minimum atomic E-state index is 0.322. The maximum atomic E-state index is 5.68. The van der Waals surface area contributed by atoms with E-state index in [9.17, 15) is 0 Å². The summed E-state index contributed by atoms with van der Waals surface area (Å²) in [7, 11) is 1.96. The summed E-state index contributed by atoms with van der Waals surface area (Å²) >= 11 is 1.73. The van der Waals surface area contributed by atoms with Gasteiger partial charge in [0.05, 0.1) is 18.4 Å². The first kappa shape index (κ1) is 12.8. The predicted molar refractivity (Wildman–Crippen MR) is 71.8 cm³/mol. The van der Waals surface area contributed by atoms with Crippen LogP contribution in [0, 0.1) is 0 Å². The van der Waals surface area contributed by atoms with Gasteiger partial charge in [-0.05, 0) is 20.4 Å². The second-order valence-corrected chi connectivity index (χ2v) is 5.25. The van der Waals surface area contributed by atoms with Crippen LogP contribution in [0.4, 0.5) is 5.13 Å². The Balaban J connectivity index is 2.04. The first-order valence-electron chi connectivity index (χ1n) is 6.23. The van der Waals surface area contributed by atoms with E-state index >= 15 is 0 Å². The Morgan fingerprint density at radius 2 is 2.53 bits per heavy atom. The molecule has 0 amide bonds. The van der Waals surface area contributed by atoms with Crippen LogP contribution in [-0.2, 0) is 4.74 Å². The Morgan fingerprint density at radius 3 is 3.24 bits per heavy atom. The number of anilines is 1. The van der Waals surface area contributed by atoms with Crippen molar-refractivity contribution in [3.8, 4) is 0 Å². The zero-order valence-corrected chi connectivity index (χ0v) is 11.6. The van der Waals surface area contributed by atoms with Crippen molar-refractivity contribution in [3.63, 3.8) is 0 Å². The van der Waals surface area contributed by atoms with E-state index in [2.05, 4.69) is 29.4 Å². The Hall–Kier alpha value is -0.650. The largest absolute Gasteiger partial charge is 0.375 e. The van der Waals surface area contributed by atoms with Crippen molar-refractivity contribution < 1.29 is 4.74 Å². The highest BCUT2D eigenvalue weighted by Gasteiger charge is 2.21. The lowest BCUT2D eigenvalue weighted by atomic mass is 10.2. The fourth-order valence-corrected chi connectivity index (χ4v) is 2.86. The van der Waals surface area contributed by atoms with E-state index in [0.717, 1.165) is 36.9 Å². The second-order valence-electron chi connectivity index (χ2n) is 4.41. The second kappa shape index (κ2) is 5.80. The fourth-order valence-electron chi connectivity index (χ4n) is 1.91. The molecule has 96 valence electrons. The smallest absolute Gasteiger partial charge is 0.185 e. The maximum Gasteiger partial charge on any atom is 0.185 e. The zero-order chi connectivity index (χ0) is 12.3. The monoisotopic (exact) mass is 255 g/mol. The predicted octanol–water partition coefficient (Wildman–Crippen LogP) is 2.04. The van der Waals surface area contributed by atoms with Crippen LogP contribution in [-0.4, -0.2) is 37.8 Å². The van der Waals surface area contributed by atoms with Crippen molar-refractivity contribution in [2.45, 2.75) is 32.4 Å². The molecule has 0 saturated carbocycles. The van der Waals surface area contributed by atoms with Gasteiger partial charge < -0.3 is 15.0 Å². The standard InChI is InChI=1S/C12H21N3OS/c1-4-10-7-15(5-6-16-10)12-14-11(8-17-12)9(2)13-3/h8-10,13H,4-7H2,1-3H3. The third-order valence-corrected chi connectivity index (χ3v) is 4.17. The molecule has 0 spiro atoms. The average Bonchev–Trinajstić information content (AvgIpc) is 2.87. The van der Waals surface area contributed by atoms with Gasteiger partial charge in [-0.25, -0.2) is 4.98 Å². The Bertz CT molecular complexity index is 355. The highest BCUT2D eigenvalue weighted by molar-refractivity contribution is 7.13. The first-order valence-corrected chi connectivity index (χ1v) is 7.11. The first-order chi connectivity index (χ1) is 8.24. The van der Waals surface area contributed by atoms with Crippen LogP contribution in [0.3, 0.4) is 0 Å². The lowest BCUT2D eigenvalue weighted by Gasteiger charge is -2.32. The number of hydrogen-bond acceptors (Lipinski definition) is 5. The molecule has 1 N–H and O–H groups in total. The summed E-state index contributed by atoms with van der Waals surface area (Å²) in [6.45, 7) is 7.04. The number of morpholine rings is 1. The van der Waals surface area contributed by atoms with Gasteiger partial charge in [0.15, 0.2) is 5.13 Å². The Morgan fingerprint density at radius 1 is 1.71 bits per heavy atom. The molecular weight excluding hydrogens is 234 g/mol. The lowest BCUT2D eigenvalue weighted by Crippen LogP contribution is -2.42. The summed E-state index contributed by atoms with van der Waals surface area (Å²) in [5.74, 6) is 0. The number of nitrogens with one attached hydrogen (secondary N) is 1. The average molecular weight is 255 g/mol. The maximum absolute atomic E-state index is 5.68. The van der Waals surface area contributed by atoms with E-state index in [1.807, 2.05) is 7.05 Å². The van der Waals surface area contributed by atoms with Gasteiger partial charge in [0.25, 0.3) is 0 Å². The summed E-state index contributed by atoms with van der Waals surface area (Å²) in [5.41, 5.74) is 1.13. The van der Waals surface area contributed by atoms with Crippen LogP contribution in [0.5, 0.6) is 0 Å². The minimum Gasteiger partial charge on any atom is -0.375 e. The van der Waals surface area contributed by atoms with E-state index in [1.165, 1.54) is 0 Å². The molecule has 2 atom stereocenters. The molecule has 1 aromatic heterocycles. The van der Waals surface area contributed by atoms with Gasteiger partial charge in [-0.3, -0.25) is 0 Å². The lowest BCUT2D eigenvalue weighted by molar-refractivity contribution is 0.0384. The number of rotatable bonds is 4. The number of ether oxygens (including phenoxy) is 1. The quantitative estimate of drug-likeness (QED) is 0.893. The van der Waals surface area contributed by atoms with Crippen molar-refractivity contribution >= 4 is 16.5 Å². The molecule has 0 aliphatic carbocycles. The summed E-state index contributed by atoms with van der Waals surface area (Å²) in [4.78, 5) is 7.04. The van der Waals surface area contributed by atoms with Crippen LogP contribution in [0.1, 0.15) is 32.0 Å². The number of aromatic nitrogens is 1. The van der Waals surface area contributed by atoms with E-state index in [-0.39, 0.29) is 0 Å². The molecule has 1 fully saturated rings. The highest BCUT2D eigenvalue weighted by Crippen LogP contribution is 2.25. The fraction of sp³-hybridized carbons (Fsp3) is 0.750. The molecule has 2 heterocycles. The van der Waals surface area contributed by atoms with Crippen molar-refractivity contribution in [2.24, 2.45) is 0 Å². The van der Waals surface area contributed by atoms with Gasteiger partial charge in [0.2, 0.25) is 0 Å². The molecule has 0 radical (unpaired) electrons. The number of nitrogens with zero attached hydrogens (tertiary/aromatic N) is 2. The summed E-state index contributed by atoms with van der Waals surface area (Å²) in [5, 5.41) is 6.49. The van der Waals surface area contributed by atoms with E-state index in [0.29, 0.717) is 12.1 Å². The molecule has 0 bridgehead atoms. The molecule has 5 heteroatoms. The summed E-state index contributed by atoms with van der Waals surface area (Å²) in [6, 6.07) is 0.322. The van der Waals surface area contributed by atoms with E-state index in [1.54, 1.807) is 11.3 Å². The number of thiazole rings is 1. The van der Waals surface area contributed by atoms with Gasteiger partial charge in [-0.15, -0.1) is 11.3 Å². The van der Waals surface area contributed by atoms with Gasteiger partial charge >= 0.3 is 0 Å². The third kappa shape index (κ3) is 2.97. The molecule has 17 heavy (non-hydrogen) atoms. The molecule has 1 aliphatic rings. The molecule has 0 aromatic carbocycles. The van der Waals surface area contributed by atoms with Crippen LogP contribution in [0.2, 0.25) is 0 Å². The molecule has 1 aromatic rings. The molecule has 1 aliphatic heterocycles. The van der Waals surface area contributed by atoms with Crippen molar-refractivity contribution in [3.05, 3.63) is 11.1 Å².